The molecule has 2 saturated heterocycles. The van der Waals surface area contributed by atoms with E-state index in [9.17, 15) is 9.59 Å². The van der Waals surface area contributed by atoms with Crippen molar-refractivity contribution in [1.82, 2.24) is 19.6 Å². The summed E-state index contributed by atoms with van der Waals surface area (Å²) in [5.41, 5.74) is 0.435. The SMILES string of the molecule is O=C(c1cnc2ccccn2c1=O)N1CC[C@@H]2NCCC[C@@H]2C1. The fourth-order valence-electron chi connectivity index (χ4n) is 3.77. The second-order valence-electron chi connectivity index (χ2n) is 6.41. The van der Waals surface area contributed by atoms with Crippen molar-refractivity contribution in [3.63, 3.8) is 0 Å². The van der Waals surface area contributed by atoms with Crippen molar-refractivity contribution in [2.45, 2.75) is 25.3 Å². The Morgan fingerprint density at radius 2 is 2.22 bits per heavy atom. The van der Waals surface area contributed by atoms with Crippen molar-refractivity contribution >= 4 is 11.6 Å². The lowest BCUT2D eigenvalue weighted by Crippen LogP contribution is -2.54. The molecule has 4 heterocycles. The van der Waals surface area contributed by atoms with Gasteiger partial charge in [-0.1, -0.05) is 6.07 Å². The van der Waals surface area contributed by atoms with Gasteiger partial charge in [-0.05, 0) is 43.9 Å². The van der Waals surface area contributed by atoms with Crippen LogP contribution in [0.4, 0.5) is 0 Å². The van der Waals surface area contributed by atoms with Crippen LogP contribution in [-0.2, 0) is 0 Å². The van der Waals surface area contributed by atoms with Gasteiger partial charge in [-0.15, -0.1) is 0 Å². The third-order valence-corrected chi connectivity index (χ3v) is 5.02. The molecule has 0 radical (unpaired) electrons. The van der Waals surface area contributed by atoms with Gasteiger partial charge in [-0.3, -0.25) is 14.0 Å². The van der Waals surface area contributed by atoms with Crippen molar-refractivity contribution in [3.05, 3.63) is 46.5 Å². The summed E-state index contributed by atoms with van der Waals surface area (Å²) in [4.78, 5) is 31.4. The average molecular weight is 312 g/mol. The number of rotatable bonds is 1. The Morgan fingerprint density at radius 3 is 3.13 bits per heavy atom. The van der Waals surface area contributed by atoms with Crippen LogP contribution in [0.1, 0.15) is 29.6 Å². The van der Waals surface area contributed by atoms with Crippen LogP contribution in [0.25, 0.3) is 5.65 Å². The summed E-state index contributed by atoms with van der Waals surface area (Å²) in [5, 5.41) is 3.54. The molecule has 0 saturated carbocycles. The van der Waals surface area contributed by atoms with Crippen molar-refractivity contribution in [2.75, 3.05) is 19.6 Å². The van der Waals surface area contributed by atoms with Crippen LogP contribution >= 0.6 is 0 Å². The maximum Gasteiger partial charge on any atom is 0.270 e. The van der Waals surface area contributed by atoms with Gasteiger partial charge in [0.1, 0.15) is 11.2 Å². The summed E-state index contributed by atoms with van der Waals surface area (Å²) in [6.07, 6.45) is 6.34. The number of nitrogens with zero attached hydrogens (tertiary/aromatic N) is 3. The van der Waals surface area contributed by atoms with Crippen molar-refractivity contribution in [2.24, 2.45) is 5.92 Å². The molecule has 2 atom stereocenters. The van der Waals surface area contributed by atoms with E-state index in [4.69, 9.17) is 0 Å². The molecular formula is C17H20N4O2. The van der Waals surface area contributed by atoms with Crippen LogP contribution in [0, 0.1) is 5.92 Å². The van der Waals surface area contributed by atoms with Gasteiger partial charge in [-0.2, -0.15) is 0 Å². The maximum absolute atomic E-state index is 12.8. The van der Waals surface area contributed by atoms with Crippen molar-refractivity contribution in [3.8, 4) is 0 Å². The molecule has 6 heteroatoms. The predicted octanol–water partition coefficient (Wildman–Crippen LogP) is 0.909. The first-order valence-corrected chi connectivity index (χ1v) is 8.23. The molecule has 0 aliphatic carbocycles. The zero-order chi connectivity index (χ0) is 15.8. The highest BCUT2D eigenvalue weighted by atomic mass is 16.2. The second-order valence-corrected chi connectivity index (χ2v) is 6.41. The largest absolute Gasteiger partial charge is 0.338 e. The molecule has 23 heavy (non-hydrogen) atoms. The molecule has 2 aromatic heterocycles. The molecule has 1 N–H and O–H groups in total. The Labute approximate surface area is 134 Å². The zero-order valence-corrected chi connectivity index (χ0v) is 12.9. The summed E-state index contributed by atoms with van der Waals surface area (Å²) < 4.78 is 1.43. The summed E-state index contributed by atoms with van der Waals surface area (Å²) >= 11 is 0. The fraction of sp³-hybridized carbons (Fsp3) is 0.471. The number of hydrogen-bond donors (Lipinski definition) is 1. The van der Waals surface area contributed by atoms with E-state index in [1.165, 1.54) is 10.6 Å². The molecule has 0 spiro atoms. The number of fused-ring (bicyclic) bond motifs is 2. The number of pyridine rings is 1. The maximum atomic E-state index is 12.8. The lowest BCUT2D eigenvalue weighted by atomic mass is 9.85. The third-order valence-electron chi connectivity index (χ3n) is 5.02. The van der Waals surface area contributed by atoms with E-state index in [0.717, 1.165) is 32.4 Å². The highest BCUT2D eigenvalue weighted by Crippen LogP contribution is 2.25. The van der Waals surface area contributed by atoms with Gasteiger partial charge in [0.15, 0.2) is 0 Å². The molecule has 2 fully saturated rings. The van der Waals surface area contributed by atoms with E-state index < -0.39 is 0 Å². The summed E-state index contributed by atoms with van der Waals surface area (Å²) in [5.74, 6) is 0.308. The van der Waals surface area contributed by atoms with Crippen LogP contribution in [0.3, 0.4) is 0 Å². The minimum Gasteiger partial charge on any atom is -0.338 e. The van der Waals surface area contributed by atoms with E-state index in [1.54, 1.807) is 18.3 Å². The highest BCUT2D eigenvalue weighted by molar-refractivity contribution is 5.93. The topological polar surface area (TPSA) is 66.7 Å². The van der Waals surface area contributed by atoms with Gasteiger partial charge < -0.3 is 10.2 Å². The molecule has 0 bridgehead atoms. The predicted molar refractivity (Wildman–Crippen MR) is 86.5 cm³/mol. The lowest BCUT2D eigenvalue weighted by molar-refractivity contribution is 0.0590. The first kappa shape index (κ1) is 14.4. The fourth-order valence-corrected chi connectivity index (χ4v) is 3.77. The molecular weight excluding hydrogens is 292 g/mol. The van der Waals surface area contributed by atoms with Crippen molar-refractivity contribution in [1.29, 1.82) is 0 Å². The second kappa shape index (κ2) is 5.77. The van der Waals surface area contributed by atoms with E-state index in [-0.39, 0.29) is 17.0 Å². The molecule has 0 unspecified atom stereocenters. The molecule has 120 valence electrons. The number of hydrogen-bond acceptors (Lipinski definition) is 4. The number of amides is 1. The van der Waals surface area contributed by atoms with Crippen LogP contribution in [-0.4, -0.2) is 45.9 Å². The van der Waals surface area contributed by atoms with Gasteiger partial charge in [0.2, 0.25) is 0 Å². The molecule has 1 amide bonds. The Hall–Kier alpha value is -2.21. The van der Waals surface area contributed by atoms with Gasteiger partial charge in [0.05, 0.1) is 0 Å². The van der Waals surface area contributed by atoms with Crippen LogP contribution in [0.15, 0.2) is 35.4 Å². The van der Waals surface area contributed by atoms with E-state index in [0.29, 0.717) is 24.2 Å². The van der Waals surface area contributed by atoms with E-state index in [2.05, 4.69) is 10.3 Å². The average Bonchev–Trinajstić information content (AvgIpc) is 2.61. The Bertz CT molecular complexity index is 801. The number of carbonyl (C=O) groups excluding carboxylic acids is 1. The first-order chi connectivity index (χ1) is 11.2. The number of aromatic nitrogens is 2. The minimum atomic E-state index is -0.288. The molecule has 2 aliphatic heterocycles. The van der Waals surface area contributed by atoms with Crippen LogP contribution in [0.2, 0.25) is 0 Å². The number of nitrogens with one attached hydrogen (secondary N) is 1. The standard InChI is InChI=1S/C17H20N4O2/c22-16(20-9-6-14-12(11-20)4-3-7-18-14)13-10-19-15-5-1-2-8-21(15)17(13)23/h1-2,5,8,10,12,14,18H,3-4,6-7,9,11H2/t12-,14+/m1/s1. The number of piperidine rings is 2. The quantitative estimate of drug-likeness (QED) is 0.850. The minimum absolute atomic E-state index is 0.163. The molecule has 4 rings (SSSR count). The van der Waals surface area contributed by atoms with Gasteiger partial charge in [0, 0.05) is 31.5 Å². The molecule has 2 aromatic rings. The van der Waals surface area contributed by atoms with Gasteiger partial charge in [0.25, 0.3) is 11.5 Å². The smallest absolute Gasteiger partial charge is 0.270 e. The summed E-state index contributed by atoms with van der Waals surface area (Å²) in [6, 6.07) is 5.87. The van der Waals surface area contributed by atoms with Crippen molar-refractivity contribution < 1.29 is 4.79 Å². The number of likely N-dealkylation sites (tertiary alicyclic amines) is 1. The molecule has 2 aliphatic rings. The Balaban J connectivity index is 1.62. The molecule has 6 nitrogen and oxygen atoms in total. The Kier molecular flexibility index (Phi) is 3.61. The monoisotopic (exact) mass is 312 g/mol. The van der Waals surface area contributed by atoms with Crippen LogP contribution in [0.5, 0.6) is 0 Å². The zero-order valence-electron chi connectivity index (χ0n) is 12.9. The van der Waals surface area contributed by atoms with E-state index in [1.807, 2.05) is 11.0 Å². The van der Waals surface area contributed by atoms with Gasteiger partial charge in [-0.25, -0.2) is 4.98 Å². The van der Waals surface area contributed by atoms with E-state index >= 15 is 0 Å². The third kappa shape index (κ3) is 2.53. The normalized spacial score (nSPS) is 24.4. The van der Waals surface area contributed by atoms with Gasteiger partial charge >= 0.3 is 0 Å². The van der Waals surface area contributed by atoms with Crippen LogP contribution < -0.4 is 10.9 Å². The lowest BCUT2D eigenvalue weighted by Gasteiger charge is -2.41. The summed E-state index contributed by atoms with van der Waals surface area (Å²) in [7, 11) is 0. The Morgan fingerprint density at radius 1 is 1.30 bits per heavy atom. The molecule has 0 aromatic carbocycles. The summed E-state index contributed by atoms with van der Waals surface area (Å²) in [6.45, 7) is 2.50. The highest BCUT2D eigenvalue weighted by Gasteiger charge is 2.33. The first-order valence-electron chi connectivity index (χ1n) is 8.23. The number of carbonyl (C=O) groups is 1.